The fraction of sp³-hybridized carbons (Fsp3) is 0.360. The summed E-state index contributed by atoms with van der Waals surface area (Å²) in [5, 5.41) is 7.12. The fourth-order valence-electron chi connectivity index (χ4n) is 4.18. The number of fused-ring (bicyclic) bond motifs is 1. The maximum atomic E-state index is 13.1. The van der Waals surface area contributed by atoms with E-state index in [4.69, 9.17) is 23.2 Å². The van der Waals surface area contributed by atoms with Crippen LogP contribution < -0.4 is 21.1 Å². The van der Waals surface area contributed by atoms with Crippen molar-refractivity contribution in [2.24, 2.45) is 0 Å². The molecule has 1 aromatic heterocycles. The van der Waals surface area contributed by atoms with Gasteiger partial charge in [0.1, 0.15) is 6.54 Å². The Morgan fingerprint density at radius 1 is 1.00 bits per heavy atom. The highest BCUT2D eigenvalue weighted by atomic mass is 35.5. The maximum absolute atomic E-state index is 13.1. The molecule has 0 unspecified atom stereocenters. The van der Waals surface area contributed by atoms with Crippen molar-refractivity contribution in [3.63, 3.8) is 0 Å². The molecule has 3 amide bonds. The topological polar surface area (TPSA) is 99.6 Å². The Labute approximate surface area is 218 Å². The zero-order chi connectivity index (χ0) is 25.2. The van der Waals surface area contributed by atoms with Crippen molar-refractivity contribution in [1.29, 1.82) is 0 Å². The number of piperazine rings is 1. The van der Waals surface area contributed by atoms with Crippen LogP contribution in [0, 0.1) is 0 Å². The van der Waals surface area contributed by atoms with Crippen LogP contribution in [0.4, 0.5) is 10.5 Å². The van der Waals surface area contributed by atoms with Gasteiger partial charge in [0.05, 0.1) is 27.3 Å². The SMILES string of the molecule is O=C(Cn1cnc2ccc(N3CCN(C(=O)NC4CC4)CC3)cc2c1=O)NCc1ccc(Cl)c(Cl)c1. The normalized spacial score (nSPS) is 15.7. The molecular weight excluding hydrogens is 503 g/mol. The lowest BCUT2D eigenvalue weighted by atomic mass is 10.2. The van der Waals surface area contributed by atoms with Crippen LogP contribution >= 0.6 is 23.2 Å². The predicted molar refractivity (Wildman–Crippen MR) is 140 cm³/mol. The second-order valence-corrected chi connectivity index (χ2v) is 9.92. The highest BCUT2D eigenvalue weighted by Gasteiger charge is 2.28. The Morgan fingerprint density at radius 2 is 1.78 bits per heavy atom. The zero-order valence-electron chi connectivity index (χ0n) is 19.5. The number of amides is 3. The van der Waals surface area contributed by atoms with Crippen LogP contribution in [-0.2, 0) is 17.9 Å². The lowest BCUT2D eigenvalue weighted by Gasteiger charge is -2.36. The Hall–Kier alpha value is -3.30. The molecular formula is C25H26Cl2N6O3. The van der Waals surface area contributed by atoms with Gasteiger partial charge in [0.25, 0.3) is 5.56 Å². The summed E-state index contributed by atoms with van der Waals surface area (Å²) in [7, 11) is 0. The number of nitrogens with zero attached hydrogens (tertiary/aromatic N) is 4. The molecule has 1 aliphatic heterocycles. The average molecular weight is 529 g/mol. The molecule has 3 aromatic rings. The van der Waals surface area contributed by atoms with Gasteiger partial charge < -0.3 is 20.4 Å². The van der Waals surface area contributed by atoms with Crippen molar-refractivity contribution in [3.05, 3.63) is 68.7 Å². The fourth-order valence-corrected chi connectivity index (χ4v) is 4.50. The van der Waals surface area contributed by atoms with Gasteiger partial charge in [-0.2, -0.15) is 0 Å². The number of aromatic nitrogens is 2. The molecule has 2 fully saturated rings. The second-order valence-electron chi connectivity index (χ2n) is 9.10. The minimum Gasteiger partial charge on any atom is -0.368 e. The quantitative estimate of drug-likeness (QED) is 0.512. The van der Waals surface area contributed by atoms with E-state index in [-0.39, 0.29) is 30.6 Å². The summed E-state index contributed by atoms with van der Waals surface area (Å²) in [6.45, 7) is 2.70. The lowest BCUT2D eigenvalue weighted by Crippen LogP contribution is -2.52. The number of rotatable bonds is 6. The van der Waals surface area contributed by atoms with Crippen LogP contribution in [0.2, 0.25) is 10.0 Å². The largest absolute Gasteiger partial charge is 0.368 e. The first-order valence-electron chi connectivity index (χ1n) is 11.9. The van der Waals surface area contributed by atoms with Gasteiger partial charge in [-0.25, -0.2) is 9.78 Å². The van der Waals surface area contributed by atoms with Gasteiger partial charge in [-0.3, -0.25) is 14.2 Å². The Bertz CT molecular complexity index is 1370. The molecule has 0 atom stereocenters. The number of carbonyl (C=O) groups is 2. The lowest BCUT2D eigenvalue weighted by molar-refractivity contribution is -0.121. The Kier molecular flexibility index (Phi) is 7.02. The molecule has 1 saturated heterocycles. The molecule has 36 heavy (non-hydrogen) atoms. The number of benzene rings is 2. The molecule has 188 valence electrons. The monoisotopic (exact) mass is 528 g/mol. The van der Waals surface area contributed by atoms with Crippen LogP contribution in [-0.4, -0.2) is 58.6 Å². The Balaban J connectivity index is 1.23. The maximum Gasteiger partial charge on any atom is 0.317 e. The van der Waals surface area contributed by atoms with E-state index in [2.05, 4.69) is 20.5 Å². The summed E-state index contributed by atoms with van der Waals surface area (Å²) in [5.41, 5.74) is 1.98. The van der Waals surface area contributed by atoms with E-state index >= 15 is 0 Å². The minimum absolute atomic E-state index is 0.000171. The summed E-state index contributed by atoms with van der Waals surface area (Å²) in [4.78, 5) is 46.3. The van der Waals surface area contributed by atoms with Gasteiger partial charge in [0.15, 0.2) is 0 Å². The van der Waals surface area contributed by atoms with E-state index < -0.39 is 0 Å². The number of anilines is 1. The molecule has 2 N–H and O–H groups in total. The van der Waals surface area contributed by atoms with Crippen LogP contribution in [0.15, 0.2) is 47.5 Å². The smallest absolute Gasteiger partial charge is 0.317 e. The molecule has 0 spiro atoms. The van der Waals surface area contributed by atoms with Crippen molar-refractivity contribution in [3.8, 4) is 0 Å². The molecule has 1 saturated carbocycles. The third kappa shape index (κ3) is 5.57. The first kappa shape index (κ1) is 24.4. The number of nitrogens with one attached hydrogen (secondary N) is 2. The van der Waals surface area contributed by atoms with E-state index in [1.54, 1.807) is 18.2 Å². The summed E-state index contributed by atoms with van der Waals surface area (Å²) in [5.74, 6) is -0.318. The minimum atomic E-state index is -0.318. The Morgan fingerprint density at radius 3 is 2.50 bits per heavy atom. The first-order chi connectivity index (χ1) is 17.4. The van der Waals surface area contributed by atoms with Crippen molar-refractivity contribution >= 4 is 51.7 Å². The number of carbonyl (C=O) groups excluding carboxylic acids is 2. The number of hydrogen-bond acceptors (Lipinski definition) is 5. The molecule has 1 aliphatic carbocycles. The summed E-state index contributed by atoms with van der Waals surface area (Å²) in [6.07, 6.45) is 3.51. The van der Waals surface area contributed by atoms with E-state index in [0.29, 0.717) is 53.2 Å². The van der Waals surface area contributed by atoms with Crippen LogP contribution in [0.3, 0.4) is 0 Å². The third-order valence-electron chi connectivity index (χ3n) is 6.43. The van der Waals surface area contributed by atoms with E-state index in [1.807, 2.05) is 23.1 Å². The summed E-state index contributed by atoms with van der Waals surface area (Å²) < 4.78 is 1.30. The van der Waals surface area contributed by atoms with Crippen molar-refractivity contribution in [2.45, 2.75) is 32.0 Å². The van der Waals surface area contributed by atoms with Crippen LogP contribution in [0.5, 0.6) is 0 Å². The van der Waals surface area contributed by atoms with Gasteiger partial charge >= 0.3 is 6.03 Å². The molecule has 0 radical (unpaired) electrons. The second kappa shape index (κ2) is 10.4. The summed E-state index contributed by atoms with van der Waals surface area (Å²) in [6, 6.07) is 11.0. The van der Waals surface area contributed by atoms with Gasteiger partial charge in [0.2, 0.25) is 5.91 Å². The van der Waals surface area contributed by atoms with E-state index in [0.717, 1.165) is 24.1 Å². The van der Waals surface area contributed by atoms with E-state index in [1.165, 1.54) is 10.9 Å². The number of urea groups is 1. The molecule has 9 nitrogen and oxygen atoms in total. The standard InChI is InChI=1S/C25H26Cl2N6O3/c26-20-5-1-16(11-21(20)27)13-28-23(34)14-33-15-29-22-6-4-18(12-19(22)24(33)35)31-7-9-32(10-8-31)25(36)30-17-2-3-17/h1,4-6,11-12,15,17H,2-3,7-10,13-14H2,(H,28,34)(H,30,36). The van der Waals surface area contributed by atoms with Crippen molar-refractivity contribution < 1.29 is 9.59 Å². The van der Waals surface area contributed by atoms with Gasteiger partial charge in [0, 0.05) is 44.5 Å². The number of halogens is 2. The van der Waals surface area contributed by atoms with Crippen LogP contribution in [0.1, 0.15) is 18.4 Å². The molecule has 2 aliphatic rings. The van der Waals surface area contributed by atoms with Crippen LogP contribution in [0.25, 0.3) is 10.9 Å². The van der Waals surface area contributed by atoms with Gasteiger partial charge in [-0.15, -0.1) is 0 Å². The van der Waals surface area contributed by atoms with Crippen molar-refractivity contribution in [2.75, 3.05) is 31.1 Å². The number of hydrogen-bond donors (Lipinski definition) is 2. The molecule has 2 aromatic carbocycles. The molecule has 0 bridgehead atoms. The zero-order valence-corrected chi connectivity index (χ0v) is 21.1. The third-order valence-corrected chi connectivity index (χ3v) is 7.17. The average Bonchev–Trinajstić information content (AvgIpc) is 3.70. The predicted octanol–water partition coefficient (Wildman–Crippen LogP) is 3.01. The van der Waals surface area contributed by atoms with E-state index in [9.17, 15) is 14.4 Å². The molecule has 2 heterocycles. The molecule has 11 heteroatoms. The molecule has 5 rings (SSSR count). The van der Waals surface area contributed by atoms with Gasteiger partial charge in [-0.1, -0.05) is 29.3 Å². The summed E-state index contributed by atoms with van der Waals surface area (Å²) >= 11 is 12.0. The highest BCUT2D eigenvalue weighted by Crippen LogP contribution is 2.23. The van der Waals surface area contributed by atoms with Gasteiger partial charge in [-0.05, 0) is 48.7 Å². The highest BCUT2D eigenvalue weighted by molar-refractivity contribution is 6.42. The first-order valence-corrected chi connectivity index (χ1v) is 12.6. The van der Waals surface area contributed by atoms with Crippen molar-refractivity contribution in [1.82, 2.24) is 25.1 Å².